The van der Waals surface area contributed by atoms with Crippen LogP contribution in [0.5, 0.6) is 5.75 Å². The normalized spacial score (nSPS) is 15.1. The summed E-state index contributed by atoms with van der Waals surface area (Å²) in [5, 5.41) is 11.9. The predicted molar refractivity (Wildman–Crippen MR) is 118 cm³/mol. The summed E-state index contributed by atoms with van der Waals surface area (Å²) >= 11 is 0. The Morgan fingerprint density at radius 2 is 1.84 bits per heavy atom. The van der Waals surface area contributed by atoms with Gasteiger partial charge in [-0.2, -0.15) is 13.2 Å². The molecule has 2 heterocycles. The second-order valence-electron chi connectivity index (χ2n) is 6.48. The van der Waals surface area contributed by atoms with Crippen molar-refractivity contribution in [1.29, 1.82) is 0 Å². The Morgan fingerprint density at radius 1 is 1.19 bits per heavy atom. The van der Waals surface area contributed by atoms with Crippen molar-refractivity contribution >= 4 is 11.6 Å². The van der Waals surface area contributed by atoms with Gasteiger partial charge in [-0.25, -0.2) is 0 Å². The molecule has 1 unspecified atom stereocenters. The van der Waals surface area contributed by atoms with E-state index in [0.717, 1.165) is 24.0 Å². The third kappa shape index (κ3) is 8.03. The van der Waals surface area contributed by atoms with Crippen molar-refractivity contribution in [3.8, 4) is 5.75 Å². The van der Waals surface area contributed by atoms with Gasteiger partial charge in [0.05, 0.1) is 24.1 Å². The topological polar surface area (TPSA) is 74.7 Å². The number of alkyl halides is 3. The van der Waals surface area contributed by atoms with E-state index in [1.807, 2.05) is 27.7 Å². The van der Waals surface area contributed by atoms with Crippen molar-refractivity contribution in [2.24, 2.45) is 0 Å². The highest BCUT2D eigenvalue weighted by Gasteiger charge is 2.35. The van der Waals surface area contributed by atoms with E-state index >= 15 is 0 Å². The first-order chi connectivity index (χ1) is 15.4. The Bertz CT molecular complexity index is 814. The van der Waals surface area contributed by atoms with Crippen LogP contribution in [0, 0.1) is 0 Å². The number of pyridine rings is 1. The van der Waals surface area contributed by atoms with Gasteiger partial charge < -0.3 is 20.1 Å². The summed E-state index contributed by atoms with van der Waals surface area (Å²) in [6.45, 7) is 8.49. The van der Waals surface area contributed by atoms with Crippen LogP contribution in [-0.2, 0) is 17.6 Å². The highest BCUT2D eigenvalue weighted by Crippen LogP contribution is 2.34. The molecule has 2 N–H and O–H groups in total. The number of hydrogen-bond acceptors (Lipinski definition) is 5. The monoisotopic (exact) mass is 455 g/mol. The number of ether oxygens (including phenoxy) is 1. The van der Waals surface area contributed by atoms with Gasteiger partial charge in [-0.1, -0.05) is 39.8 Å². The smallest absolute Gasteiger partial charge is 0.418 e. The lowest BCUT2D eigenvalue weighted by Crippen LogP contribution is -2.35. The van der Waals surface area contributed by atoms with Crippen LogP contribution in [0.4, 0.5) is 18.9 Å². The quantitative estimate of drug-likeness (QED) is 0.658. The standard InChI is InChI=1S/C19H20F3N3O3.2C2H6/c20-19(21,22)16-5-7-23-9-17(16)24-14-6-8-25(10-14)18(27)12-28-15-3-1-13(11-26)2-4-15;2*1-2/h1-5,7,9,14,24,26H,6,8,10-12H2;2*1-2H3. The van der Waals surface area contributed by atoms with E-state index in [0.29, 0.717) is 18.7 Å². The summed E-state index contributed by atoms with van der Waals surface area (Å²) in [7, 11) is 0. The number of aliphatic hydroxyl groups is 1. The third-order valence-corrected chi connectivity index (χ3v) is 4.50. The summed E-state index contributed by atoms with van der Waals surface area (Å²) in [6, 6.07) is 7.35. The average Bonchev–Trinajstić information content (AvgIpc) is 3.29. The van der Waals surface area contributed by atoms with Crippen molar-refractivity contribution in [3.63, 3.8) is 0 Å². The maximum atomic E-state index is 13.1. The Kier molecular flexibility index (Phi) is 11.5. The molecular formula is C23H32F3N3O3. The van der Waals surface area contributed by atoms with Gasteiger partial charge in [-0.3, -0.25) is 9.78 Å². The summed E-state index contributed by atoms with van der Waals surface area (Å²) in [5.74, 6) is 0.266. The summed E-state index contributed by atoms with van der Waals surface area (Å²) in [6.07, 6.45) is -1.70. The molecule has 1 aliphatic heterocycles. The van der Waals surface area contributed by atoms with Crippen LogP contribution in [0.25, 0.3) is 0 Å². The SMILES string of the molecule is CC.CC.O=C(COc1ccc(CO)cc1)N1CCC(Nc2cnccc2C(F)(F)F)C1. The average molecular weight is 456 g/mol. The molecule has 3 rings (SSSR count). The van der Waals surface area contributed by atoms with Crippen molar-refractivity contribution in [2.45, 2.75) is 52.9 Å². The first-order valence-corrected chi connectivity index (χ1v) is 10.7. The van der Waals surface area contributed by atoms with Gasteiger partial charge in [0.15, 0.2) is 6.61 Å². The Labute approximate surface area is 187 Å². The van der Waals surface area contributed by atoms with Crippen LogP contribution in [0.2, 0.25) is 0 Å². The van der Waals surface area contributed by atoms with E-state index in [-0.39, 0.29) is 37.4 Å². The fourth-order valence-electron chi connectivity index (χ4n) is 3.01. The fourth-order valence-corrected chi connectivity index (χ4v) is 3.01. The van der Waals surface area contributed by atoms with Gasteiger partial charge in [0, 0.05) is 25.3 Å². The van der Waals surface area contributed by atoms with E-state index in [1.165, 1.54) is 0 Å². The predicted octanol–water partition coefficient (Wildman–Crippen LogP) is 4.74. The molecule has 1 aromatic carbocycles. The molecule has 1 amide bonds. The first-order valence-electron chi connectivity index (χ1n) is 10.7. The van der Waals surface area contributed by atoms with Crippen LogP contribution in [0.3, 0.4) is 0 Å². The highest BCUT2D eigenvalue weighted by atomic mass is 19.4. The van der Waals surface area contributed by atoms with Gasteiger partial charge in [0.25, 0.3) is 5.91 Å². The zero-order chi connectivity index (χ0) is 24.1. The number of likely N-dealkylation sites (tertiary alicyclic amines) is 1. The summed E-state index contributed by atoms with van der Waals surface area (Å²) in [4.78, 5) is 17.6. The third-order valence-electron chi connectivity index (χ3n) is 4.50. The number of nitrogens with one attached hydrogen (secondary N) is 1. The van der Waals surface area contributed by atoms with Crippen LogP contribution in [0.1, 0.15) is 45.2 Å². The van der Waals surface area contributed by atoms with E-state index in [1.54, 1.807) is 29.2 Å². The van der Waals surface area contributed by atoms with Crippen LogP contribution < -0.4 is 10.1 Å². The molecule has 1 aromatic heterocycles. The molecule has 0 radical (unpaired) electrons. The summed E-state index contributed by atoms with van der Waals surface area (Å²) in [5.41, 5.74) is -0.128. The van der Waals surface area contributed by atoms with Crippen LogP contribution >= 0.6 is 0 Å². The molecule has 1 aliphatic rings. The molecule has 1 atom stereocenters. The molecular weight excluding hydrogens is 423 g/mol. The number of carbonyl (C=O) groups is 1. The number of amides is 1. The van der Waals surface area contributed by atoms with Crippen LogP contribution in [-0.4, -0.2) is 46.6 Å². The molecule has 2 aromatic rings. The minimum absolute atomic E-state index is 0.0750. The zero-order valence-electron chi connectivity index (χ0n) is 18.9. The Morgan fingerprint density at radius 3 is 2.44 bits per heavy atom. The number of carbonyl (C=O) groups excluding carboxylic acids is 1. The lowest BCUT2D eigenvalue weighted by Gasteiger charge is -2.20. The first kappa shape index (κ1) is 27.2. The molecule has 6 nitrogen and oxygen atoms in total. The second kappa shape index (κ2) is 13.6. The van der Waals surface area contributed by atoms with Crippen molar-refractivity contribution < 1.29 is 27.8 Å². The maximum absolute atomic E-state index is 13.1. The number of aromatic nitrogens is 1. The number of anilines is 1. The van der Waals surface area contributed by atoms with E-state index in [4.69, 9.17) is 9.84 Å². The molecule has 178 valence electrons. The maximum Gasteiger partial charge on any atom is 0.418 e. The van der Waals surface area contributed by atoms with Gasteiger partial charge in [0.1, 0.15) is 5.75 Å². The van der Waals surface area contributed by atoms with Gasteiger partial charge in [-0.05, 0) is 30.2 Å². The number of halogens is 3. The minimum Gasteiger partial charge on any atom is -0.484 e. The lowest BCUT2D eigenvalue weighted by molar-refractivity contribution is -0.137. The summed E-state index contributed by atoms with van der Waals surface area (Å²) < 4.78 is 44.7. The fraction of sp³-hybridized carbons (Fsp3) is 0.478. The number of hydrogen-bond donors (Lipinski definition) is 2. The van der Waals surface area contributed by atoms with Crippen molar-refractivity contribution in [2.75, 3.05) is 25.0 Å². The Hall–Kier alpha value is -2.81. The molecule has 0 bridgehead atoms. The molecule has 0 spiro atoms. The number of rotatable bonds is 6. The van der Waals surface area contributed by atoms with Crippen LogP contribution in [0.15, 0.2) is 42.7 Å². The molecule has 9 heteroatoms. The minimum atomic E-state index is -4.47. The molecule has 32 heavy (non-hydrogen) atoms. The number of nitrogens with zero attached hydrogens (tertiary/aromatic N) is 2. The molecule has 1 fully saturated rings. The second-order valence-corrected chi connectivity index (χ2v) is 6.48. The molecule has 0 aliphatic carbocycles. The van der Waals surface area contributed by atoms with Gasteiger partial charge in [-0.15, -0.1) is 0 Å². The number of aliphatic hydroxyl groups excluding tert-OH is 1. The highest BCUT2D eigenvalue weighted by molar-refractivity contribution is 5.78. The molecule has 0 saturated carbocycles. The largest absolute Gasteiger partial charge is 0.484 e. The van der Waals surface area contributed by atoms with Crippen molar-refractivity contribution in [1.82, 2.24) is 9.88 Å². The van der Waals surface area contributed by atoms with E-state index in [9.17, 15) is 18.0 Å². The lowest BCUT2D eigenvalue weighted by atomic mass is 10.2. The van der Waals surface area contributed by atoms with Crippen molar-refractivity contribution in [3.05, 3.63) is 53.9 Å². The van der Waals surface area contributed by atoms with E-state index in [2.05, 4.69) is 10.3 Å². The molecule has 1 saturated heterocycles. The van der Waals surface area contributed by atoms with Gasteiger partial charge >= 0.3 is 6.18 Å². The van der Waals surface area contributed by atoms with E-state index < -0.39 is 11.7 Å². The Balaban J connectivity index is 0.00000121. The zero-order valence-corrected chi connectivity index (χ0v) is 18.9. The van der Waals surface area contributed by atoms with Gasteiger partial charge in [0.2, 0.25) is 0 Å². The number of benzene rings is 1.